The van der Waals surface area contributed by atoms with Crippen molar-refractivity contribution in [2.24, 2.45) is 0 Å². The van der Waals surface area contributed by atoms with Crippen molar-refractivity contribution in [1.82, 2.24) is 19.7 Å². The highest BCUT2D eigenvalue weighted by Crippen LogP contribution is 2.33. The van der Waals surface area contributed by atoms with E-state index in [1.54, 1.807) is 18.4 Å². The zero-order valence-corrected chi connectivity index (χ0v) is 20.6. The lowest BCUT2D eigenvalue weighted by Crippen LogP contribution is -2.36. The van der Waals surface area contributed by atoms with Gasteiger partial charge in [0.05, 0.1) is 29.6 Å². The third-order valence-electron chi connectivity index (χ3n) is 6.23. The summed E-state index contributed by atoms with van der Waals surface area (Å²) in [5, 5.41) is 5.74. The molecule has 1 amide bonds. The van der Waals surface area contributed by atoms with Crippen LogP contribution in [0.25, 0.3) is 16.0 Å². The van der Waals surface area contributed by atoms with Gasteiger partial charge in [-0.05, 0) is 55.7 Å². The molecule has 1 saturated heterocycles. The van der Waals surface area contributed by atoms with E-state index < -0.39 is 0 Å². The number of amides is 1. The van der Waals surface area contributed by atoms with Crippen molar-refractivity contribution in [1.29, 1.82) is 0 Å². The maximum Gasteiger partial charge on any atom is 0.227 e. The topological polar surface area (TPSA) is 63.5 Å². The minimum absolute atomic E-state index is 0.158. The predicted octanol–water partition coefficient (Wildman–Crippen LogP) is 4.39. The number of fused-ring (bicyclic) bond motifs is 1. The van der Waals surface area contributed by atoms with Gasteiger partial charge in [-0.1, -0.05) is 35.6 Å². The van der Waals surface area contributed by atoms with Crippen LogP contribution in [0.15, 0.2) is 48.5 Å². The molecule has 0 atom stereocenters. The fourth-order valence-corrected chi connectivity index (χ4v) is 5.46. The number of carbonyl (C=O) groups is 1. The van der Waals surface area contributed by atoms with Crippen molar-refractivity contribution in [2.75, 3.05) is 38.2 Å². The molecule has 5 rings (SSSR count). The van der Waals surface area contributed by atoms with Crippen LogP contribution in [-0.2, 0) is 11.2 Å². The van der Waals surface area contributed by atoms with Crippen LogP contribution in [-0.4, -0.2) is 58.9 Å². The highest BCUT2D eigenvalue weighted by molar-refractivity contribution is 7.22. The van der Waals surface area contributed by atoms with Crippen molar-refractivity contribution in [2.45, 2.75) is 26.7 Å². The number of hydrogen-bond donors (Lipinski definition) is 0. The van der Waals surface area contributed by atoms with Crippen molar-refractivity contribution >= 4 is 32.7 Å². The summed E-state index contributed by atoms with van der Waals surface area (Å²) in [6.07, 6.45) is 1.31. The Hall–Kier alpha value is -3.39. The first kappa shape index (κ1) is 22.4. The molecule has 1 aliphatic heterocycles. The number of nitrogens with zero attached hydrogens (tertiary/aromatic N) is 5. The van der Waals surface area contributed by atoms with Crippen LogP contribution in [0, 0.1) is 13.8 Å². The Labute approximate surface area is 203 Å². The van der Waals surface area contributed by atoms with E-state index in [0.717, 1.165) is 64.2 Å². The van der Waals surface area contributed by atoms with E-state index in [2.05, 4.69) is 30.0 Å². The van der Waals surface area contributed by atoms with Crippen LogP contribution in [0.2, 0.25) is 0 Å². The monoisotopic (exact) mass is 475 g/mol. The number of anilines is 1. The molecule has 0 unspecified atom stereocenters. The Morgan fingerprint density at radius 2 is 1.91 bits per heavy atom. The van der Waals surface area contributed by atoms with Gasteiger partial charge in [0.2, 0.25) is 5.91 Å². The van der Waals surface area contributed by atoms with Gasteiger partial charge in [0, 0.05) is 26.2 Å². The number of aromatic nitrogens is 3. The maximum absolute atomic E-state index is 13.0. The van der Waals surface area contributed by atoms with E-state index in [-0.39, 0.29) is 5.91 Å². The summed E-state index contributed by atoms with van der Waals surface area (Å²) in [6, 6.07) is 16.1. The van der Waals surface area contributed by atoms with Gasteiger partial charge in [-0.25, -0.2) is 4.68 Å². The third kappa shape index (κ3) is 4.50. The minimum Gasteiger partial charge on any atom is -0.497 e. The SMILES string of the molecule is COc1cccc(CC(=O)N2CCCN(c3nc4c(s3)c(C)nn4-c3cccc(C)c3)CC2)c1. The number of hydrogen-bond acceptors (Lipinski definition) is 6. The summed E-state index contributed by atoms with van der Waals surface area (Å²) in [6.45, 7) is 7.24. The molecule has 0 radical (unpaired) electrons. The van der Waals surface area contributed by atoms with Crippen molar-refractivity contribution in [3.05, 3.63) is 65.4 Å². The fourth-order valence-electron chi connectivity index (χ4n) is 4.43. The maximum atomic E-state index is 13.0. The Bertz CT molecular complexity index is 1330. The van der Waals surface area contributed by atoms with E-state index in [4.69, 9.17) is 14.8 Å². The average molecular weight is 476 g/mol. The second kappa shape index (κ2) is 9.46. The molecular formula is C26H29N5O2S. The standard InChI is InChI=1S/C26H29N5O2S/c1-18-7-4-9-21(15-18)31-25-24(19(2)28-31)34-26(27-25)30-12-6-11-29(13-14-30)23(32)17-20-8-5-10-22(16-20)33-3/h4-5,7-10,15-16H,6,11-14,17H2,1-3H3. The lowest BCUT2D eigenvalue weighted by Gasteiger charge is -2.22. The number of methoxy groups -OCH3 is 1. The molecular weight excluding hydrogens is 446 g/mol. The number of aryl methyl sites for hydroxylation is 2. The van der Waals surface area contributed by atoms with Gasteiger partial charge >= 0.3 is 0 Å². The number of rotatable bonds is 5. The van der Waals surface area contributed by atoms with E-state index in [9.17, 15) is 4.79 Å². The van der Waals surface area contributed by atoms with Crippen molar-refractivity contribution in [3.8, 4) is 11.4 Å². The fraction of sp³-hybridized carbons (Fsp3) is 0.346. The molecule has 0 aliphatic carbocycles. The van der Waals surface area contributed by atoms with E-state index in [1.807, 2.05) is 46.8 Å². The molecule has 2 aromatic heterocycles. The minimum atomic E-state index is 0.158. The molecule has 3 heterocycles. The second-order valence-electron chi connectivity index (χ2n) is 8.74. The third-order valence-corrected chi connectivity index (χ3v) is 7.45. The molecule has 8 heteroatoms. The first-order valence-electron chi connectivity index (χ1n) is 11.6. The molecule has 0 saturated carbocycles. The second-order valence-corrected chi connectivity index (χ2v) is 9.71. The molecule has 0 bridgehead atoms. The molecule has 0 N–H and O–H groups in total. The number of thiazole rings is 1. The van der Waals surface area contributed by atoms with Crippen LogP contribution in [0.5, 0.6) is 5.75 Å². The summed E-state index contributed by atoms with van der Waals surface area (Å²) < 4.78 is 8.35. The number of carbonyl (C=O) groups excluding carboxylic acids is 1. The highest BCUT2D eigenvalue weighted by atomic mass is 32.1. The lowest BCUT2D eigenvalue weighted by atomic mass is 10.1. The zero-order valence-electron chi connectivity index (χ0n) is 19.8. The summed E-state index contributed by atoms with van der Waals surface area (Å²) in [5.41, 5.74) is 5.09. The smallest absolute Gasteiger partial charge is 0.227 e. The predicted molar refractivity (Wildman–Crippen MR) is 136 cm³/mol. The molecule has 1 fully saturated rings. The normalized spacial score (nSPS) is 14.4. The van der Waals surface area contributed by atoms with Crippen LogP contribution < -0.4 is 9.64 Å². The number of benzene rings is 2. The Kier molecular flexibility index (Phi) is 6.24. The van der Waals surface area contributed by atoms with Gasteiger partial charge < -0.3 is 14.5 Å². The van der Waals surface area contributed by atoms with E-state index >= 15 is 0 Å². The lowest BCUT2D eigenvalue weighted by molar-refractivity contribution is -0.130. The van der Waals surface area contributed by atoms with Crippen LogP contribution in [0.1, 0.15) is 23.2 Å². The summed E-state index contributed by atoms with van der Waals surface area (Å²) >= 11 is 1.69. The highest BCUT2D eigenvalue weighted by Gasteiger charge is 2.23. The first-order chi connectivity index (χ1) is 16.5. The van der Waals surface area contributed by atoms with Crippen LogP contribution in [0.4, 0.5) is 5.13 Å². The molecule has 4 aromatic rings. The quantitative estimate of drug-likeness (QED) is 0.428. The largest absolute Gasteiger partial charge is 0.497 e. The van der Waals surface area contributed by atoms with E-state index in [0.29, 0.717) is 13.0 Å². The van der Waals surface area contributed by atoms with E-state index in [1.165, 1.54) is 5.56 Å². The van der Waals surface area contributed by atoms with Gasteiger partial charge in [0.15, 0.2) is 10.8 Å². The number of ether oxygens (including phenoxy) is 1. The van der Waals surface area contributed by atoms with Crippen molar-refractivity contribution < 1.29 is 9.53 Å². The van der Waals surface area contributed by atoms with Gasteiger partial charge in [0.1, 0.15) is 5.75 Å². The average Bonchev–Trinajstić information content (AvgIpc) is 3.29. The zero-order chi connectivity index (χ0) is 23.7. The Morgan fingerprint density at radius 3 is 2.74 bits per heavy atom. The molecule has 1 aliphatic rings. The van der Waals surface area contributed by atoms with Gasteiger partial charge in [0.25, 0.3) is 0 Å². The van der Waals surface area contributed by atoms with Crippen LogP contribution >= 0.6 is 11.3 Å². The van der Waals surface area contributed by atoms with Gasteiger partial charge in [-0.3, -0.25) is 4.79 Å². The Morgan fingerprint density at radius 1 is 1.06 bits per heavy atom. The van der Waals surface area contributed by atoms with Gasteiger partial charge in [-0.15, -0.1) is 0 Å². The summed E-state index contributed by atoms with van der Waals surface area (Å²) in [7, 11) is 1.65. The molecule has 7 nitrogen and oxygen atoms in total. The van der Waals surface area contributed by atoms with Gasteiger partial charge in [-0.2, -0.15) is 10.1 Å². The molecule has 176 valence electrons. The molecule has 34 heavy (non-hydrogen) atoms. The summed E-state index contributed by atoms with van der Waals surface area (Å²) in [4.78, 5) is 22.3. The Balaban J connectivity index is 1.31. The van der Waals surface area contributed by atoms with Crippen LogP contribution in [0.3, 0.4) is 0 Å². The van der Waals surface area contributed by atoms with Crippen molar-refractivity contribution in [3.63, 3.8) is 0 Å². The molecule has 0 spiro atoms. The summed E-state index contributed by atoms with van der Waals surface area (Å²) in [5.74, 6) is 0.938. The first-order valence-corrected chi connectivity index (χ1v) is 12.4. The molecule has 2 aromatic carbocycles.